The van der Waals surface area contributed by atoms with Crippen LogP contribution < -0.4 is 14.4 Å². The molecule has 2 aromatic carbocycles. The number of amides is 1. The van der Waals surface area contributed by atoms with Crippen LogP contribution in [0.25, 0.3) is 10.2 Å². The Morgan fingerprint density at radius 2 is 1.75 bits per heavy atom. The minimum Gasteiger partial charge on any atom is -0.495 e. The maximum absolute atomic E-state index is 13.3. The number of anilines is 1. The van der Waals surface area contributed by atoms with Gasteiger partial charge >= 0.3 is 0 Å². The van der Waals surface area contributed by atoms with Gasteiger partial charge in [0.25, 0.3) is 5.91 Å². The van der Waals surface area contributed by atoms with Crippen LogP contribution in [0, 0.1) is 0 Å². The number of carbonyl (C=O) groups excluding carboxylic acids is 1. The zero-order valence-electron chi connectivity index (χ0n) is 16.2. The van der Waals surface area contributed by atoms with Crippen LogP contribution in [0.4, 0.5) is 5.13 Å². The molecule has 28 heavy (non-hydrogen) atoms. The van der Waals surface area contributed by atoms with Crippen LogP contribution in [0.5, 0.6) is 11.5 Å². The monoisotopic (exact) mass is 419 g/mol. The fourth-order valence-electron chi connectivity index (χ4n) is 2.75. The molecule has 0 saturated carbocycles. The predicted octanol–water partition coefficient (Wildman–Crippen LogP) is 4.18. The number of thiazole rings is 1. The van der Waals surface area contributed by atoms with Crippen molar-refractivity contribution in [3.05, 3.63) is 47.0 Å². The topological polar surface area (TPSA) is 54.9 Å². The average Bonchev–Trinajstić information content (AvgIpc) is 3.12. The summed E-state index contributed by atoms with van der Waals surface area (Å²) in [6.45, 7) is 1.15. The van der Waals surface area contributed by atoms with E-state index in [9.17, 15) is 4.79 Å². The lowest BCUT2D eigenvalue weighted by atomic mass is 10.2. The normalized spacial score (nSPS) is 11.1. The van der Waals surface area contributed by atoms with E-state index in [1.165, 1.54) is 11.3 Å². The molecule has 0 radical (unpaired) electrons. The molecule has 8 heteroatoms. The average molecular weight is 420 g/mol. The van der Waals surface area contributed by atoms with E-state index in [4.69, 9.17) is 26.1 Å². The summed E-state index contributed by atoms with van der Waals surface area (Å²) in [6, 6.07) is 10.7. The molecule has 0 aliphatic heterocycles. The highest BCUT2D eigenvalue weighted by molar-refractivity contribution is 7.22. The smallest absolute Gasteiger partial charge is 0.261 e. The number of fused-ring (bicyclic) bond motifs is 1. The van der Waals surface area contributed by atoms with Crippen molar-refractivity contribution in [3.63, 3.8) is 0 Å². The van der Waals surface area contributed by atoms with Crippen LogP contribution in [0.1, 0.15) is 10.4 Å². The van der Waals surface area contributed by atoms with E-state index in [2.05, 4.69) is 0 Å². The lowest BCUT2D eigenvalue weighted by molar-refractivity contribution is 0.0985. The zero-order chi connectivity index (χ0) is 20.3. The molecule has 0 bridgehead atoms. The van der Waals surface area contributed by atoms with E-state index >= 15 is 0 Å². The number of halogens is 1. The molecule has 0 aliphatic rings. The third-order valence-corrected chi connectivity index (χ3v) is 5.67. The van der Waals surface area contributed by atoms with E-state index in [1.54, 1.807) is 43.4 Å². The van der Waals surface area contributed by atoms with E-state index in [-0.39, 0.29) is 5.91 Å². The molecule has 0 atom stereocenters. The lowest BCUT2D eigenvalue weighted by Crippen LogP contribution is -2.36. The van der Waals surface area contributed by atoms with Gasteiger partial charge < -0.3 is 14.4 Å². The van der Waals surface area contributed by atoms with E-state index in [1.807, 2.05) is 31.1 Å². The van der Waals surface area contributed by atoms with Gasteiger partial charge in [-0.3, -0.25) is 9.69 Å². The SMILES string of the molecule is COc1ccc(OC)c2sc(N(CCN(C)C)C(=O)c3ccccc3Cl)nc12. The van der Waals surface area contributed by atoms with Crippen molar-refractivity contribution in [1.82, 2.24) is 9.88 Å². The number of hydrogen-bond donors (Lipinski definition) is 0. The molecule has 0 aliphatic carbocycles. The van der Waals surface area contributed by atoms with Gasteiger partial charge in [0.1, 0.15) is 21.7 Å². The first-order valence-corrected chi connectivity index (χ1v) is 9.88. The van der Waals surface area contributed by atoms with Crippen molar-refractivity contribution in [2.24, 2.45) is 0 Å². The van der Waals surface area contributed by atoms with Crippen LogP contribution in [0.15, 0.2) is 36.4 Å². The third-order valence-electron chi connectivity index (χ3n) is 4.25. The fraction of sp³-hybridized carbons (Fsp3) is 0.300. The molecule has 0 spiro atoms. The van der Waals surface area contributed by atoms with E-state index < -0.39 is 0 Å². The van der Waals surface area contributed by atoms with Crippen molar-refractivity contribution in [2.45, 2.75) is 0 Å². The molecule has 3 rings (SSSR count). The minimum absolute atomic E-state index is 0.190. The summed E-state index contributed by atoms with van der Waals surface area (Å²) in [5.74, 6) is 1.14. The van der Waals surface area contributed by atoms with Gasteiger partial charge in [-0.1, -0.05) is 35.1 Å². The molecule has 1 aromatic heterocycles. The molecule has 0 N–H and O–H groups in total. The molecule has 3 aromatic rings. The number of carbonyl (C=O) groups is 1. The first kappa shape index (κ1) is 20.4. The molecule has 6 nitrogen and oxygen atoms in total. The van der Waals surface area contributed by atoms with Gasteiger partial charge in [-0.05, 0) is 38.4 Å². The number of benzene rings is 2. The Balaban J connectivity index is 2.10. The highest BCUT2D eigenvalue weighted by Gasteiger charge is 2.24. The summed E-state index contributed by atoms with van der Waals surface area (Å²) < 4.78 is 11.7. The maximum atomic E-state index is 13.3. The van der Waals surface area contributed by atoms with E-state index in [0.717, 1.165) is 4.70 Å². The molecular formula is C20H22ClN3O3S. The standard InChI is InChI=1S/C20H22ClN3O3S/c1-23(2)11-12-24(19(25)13-7-5-6-8-14(13)21)20-22-17-15(26-3)9-10-16(27-4)18(17)28-20/h5-10H,11-12H2,1-4H3. The summed E-state index contributed by atoms with van der Waals surface area (Å²) >= 11 is 7.67. The van der Waals surface area contributed by atoms with Crippen LogP contribution in [-0.4, -0.2) is 57.2 Å². The Labute approximate surface area is 173 Å². The van der Waals surface area contributed by atoms with Gasteiger partial charge in [0.15, 0.2) is 5.13 Å². The van der Waals surface area contributed by atoms with Crippen molar-refractivity contribution in [2.75, 3.05) is 46.3 Å². The van der Waals surface area contributed by atoms with E-state index in [0.29, 0.717) is 45.8 Å². The van der Waals surface area contributed by atoms with Crippen molar-refractivity contribution >= 4 is 44.2 Å². The molecule has 0 fully saturated rings. The largest absolute Gasteiger partial charge is 0.495 e. The van der Waals surface area contributed by atoms with Crippen molar-refractivity contribution < 1.29 is 14.3 Å². The maximum Gasteiger partial charge on any atom is 0.261 e. The van der Waals surface area contributed by atoms with Crippen LogP contribution in [0.3, 0.4) is 0 Å². The third kappa shape index (κ3) is 4.06. The Bertz CT molecular complexity index is 949. The van der Waals surface area contributed by atoms with Gasteiger partial charge in [-0.2, -0.15) is 0 Å². The summed E-state index contributed by atoms with van der Waals surface area (Å²) in [4.78, 5) is 21.7. The number of aromatic nitrogens is 1. The first-order chi connectivity index (χ1) is 13.5. The second-order valence-corrected chi connectivity index (χ2v) is 7.77. The highest BCUT2D eigenvalue weighted by atomic mass is 35.5. The highest BCUT2D eigenvalue weighted by Crippen LogP contribution is 2.40. The quantitative estimate of drug-likeness (QED) is 0.575. The van der Waals surface area contributed by atoms with Gasteiger partial charge in [-0.15, -0.1) is 0 Å². The Morgan fingerprint density at radius 3 is 2.39 bits per heavy atom. The predicted molar refractivity (Wildman–Crippen MR) is 114 cm³/mol. The Kier molecular flexibility index (Phi) is 6.39. The molecule has 148 valence electrons. The first-order valence-electron chi connectivity index (χ1n) is 8.69. The number of rotatable bonds is 7. The summed E-state index contributed by atoms with van der Waals surface area (Å²) in [7, 11) is 7.13. The van der Waals surface area contributed by atoms with Gasteiger partial charge in [0.05, 0.1) is 24.8 Å². The molecule has 0 unspecified atom stereocenters. The number of hydrogen-bond acceptors (Lipinski definition) is 6. The van der Waals surface area contributed by atoms with Crippen molar-refractivity contribution in [3.8, 4) is 11.5 Å². The summed E-state index contributed by atoms with van der Waals surface area (Å²) in [5, 5.41) is 0.989. The Hall–Kier alpha value is -2.35. The summed E-state index contributed by atoms with van der Waals surface area (Å²) in [6.07, 6.45) is 0. The lowest BCUT2D eigenvalue weighted by Gasteiger charge is -2.22. The number of likely N-dealkylation sites (N-methyl/N-ethyl adjacent to an activating group) is 1. The number of ether oxygens (including phenoxy) is 2. The molecule has 1 heterocycles. The summed E-state index contributed by atoms with van der Waals surface area (Å²) in [5.41, 5.74) is 1.12. The van der Waals surface area contributed by atoms with Crippen LogP contribution in [0.2, 0.25) is 5.02 Å². The zero-order valence-corrected chi connectivity index (χ0v) is 17.8. The van der Waals surface area contributed by atoms with Crippen LogP contribution in [-0.2, 0) is 0 Å². The number of methoxy groups -OCH3 is 2. The Morgan fingerprint density at radius 1 is 1.07 bits per heavy atom. The number of nitrogens with zero attached hydrogens (tertiary/aromatic N) is 3. The molecular weight excluding hydrogens is 398 g/mol. The molecule has 1 amide bonds. The van der Waals surface area contributed by atoms with Gasteiger partial charge in [0.2, 0.25) is 0 Å². The van der Waals surface area contributed by atoms with Gasteiger partial charge in [-0.25, -0.2) is 4.98 Å². The van der Waals surface area contributed by atoms with Gasteiger partial charge in [0, 0.05) is 13.1 Å². The second kappa shape index (κ2) is 8.77. The van der Waals surface area contributed by atoms with Crippen molar-refractivity contribution in [1.29, 1.82) is 0 Å². The second-order valence-electron chi connectivity index (χ2n) is 6.38. The fourth-order valence-corrected chi connectivity index (χ4v) is 4.07. The van der Waals surface area contributed by atoms with Crippen LogP contribution >= 0.6 is 22.9 Å². The minimum atomic E-state index is -0.190. The molecule has 0 saturated heterocycles.